The van der Waals surface area contributed by atoms with Crippen LogP contribution in [0.25, 0.3) is 0 Å². The van der Waals surface area contributed by atoms with Crippen molar-refractivity contribution in [1.82, 2.24) is 5.32 Å². The van der Waals surface area contributed by atoms with Crippen LogP contribution < -0.4 is 5.32 Å². The van der Waals surface area contributed by atoms with Gasteiger partial charge in [0, 0.05) is 18.9 Å². The molecule has 3 heteroatoms. The Labute approximate surface area is 110 Å². The number of hydrogen-bond donors (Lipinski definition) is 1. The predicted molar refractivity (Wildman–Crippen MR) is 73.0 cm³/mol. The average molecular weight is 259 g/mol. The van der Waals surface area contributed by atoms with E-state index in [0.29, 0.717) is 12.5 Å². The number of nitrogens with one attached hydrogen (secondary N) is 1. The van der Waals surface area contributed by atoms with Crippen LogP contribution >= 0.6 is 0 Å². The lowest BCUT2D eigenvalue weighted by Crippen LogP contribution is -2.26. The van der Waals surface area contributed by atoms with Crippen molar-refractivity contribution in [2.75, 3.05) is 6.54 Å². The van der Waals surface area contributed by atoms with E-state index in [-0.39, 0.29) is 18.8 Å². The van der Waals surface area contributed by atoms with Crippen LogP contribution in [0.4, 0.5) is 8.78 Å². The van der Waals surface area contributed by atoms with Crippen molar-refractivity contribution >= 4 is 0 Å². The van der Waals surface area contributed by atoms with Gasteiger partial charge >= 0.3 is 0 Å². The highest BCUT2D eigenvalue weighted by Gasteiger charge is 2.35. The van der Waals surface area contributed by atoms with Gasteiger partial charge in [-0.2, -0.15) is 0 Å². The minimum absolute atomic E-state index is 0.0857. The van der Waals surface area contributed by atoms with Crippen LogP contribution in [-0.4, -0.2) is 18.5 Å². The molecule has 0 aromatic carbocycles. The van der Waals surface area contributed by atoms with Gasteiger partial charge in [-0.25, -0.2) is 8.78 Å². The summed E-state index contributed by atoms with van der Waals surface area (Å²) in [5, 5.41) is 3.35. The van der Waals surface area contributed by atoms with E-state index in [1.165, 1.54) is 5.57 Å². The number of rotatable bonds is 6. The fourth-order valence-electron chi connectivity index (χ4n) is 2.68. The summed E-state index contributed by atoms with van der Waals surface area (Å²) in [6.07, 6.45) is 5.85. The monoisotopic (exact) mass is 259 g/mol. The van der Waals surface area contributed by atoms with Gasteiger partial charge in [-0.3, -0.25) is 0 Å². The minimum Gasteiger partial charge on any atom is -0.314 e. The number of alkyl halides is 2. The van der Waals surface area contributed by atoms with Crippen molar-refractivity contribution < 1.29 is 8.78 Å². The summed E-state index contributed by atoms with van der Waals surface area (Å²) in [5.41, 5.74) is 1.27. The molecule has 0 saturated heterocycles. The molecular formula is C15H27F2N. The van der Waals surface area contributed by atoms with E-state index in [9.17, 15) is 8.78 Å². The molecule has 0 aliphatic heterocycles. The van der Waals surface area contributed by atoms with Crippen molar-refractivity contribution in [2.24, 2.45) is 5.92 Å². The Balaban J connectivity index is 2.26. The van der Waals surface area contributed by atoms with Crippen LogP contribution in [-0.2, 0) is 0 Å². The van der Waals surface area contributed by atoms with Gasteiger partial charge in [-0.15, -0.1) is 0 Å². The second-order valence-electron chi connectivity index (χ2n) is 5.97. The normalized spacial score (nSPS) is 24.6. The Morgan fingerprint density at radius 1 is 1.44 bits per heavy atom. The molecule has 0 spiro atoms. The average Bonchev–Trinajstić information content (AvgIpc) is 2.22. The molecule has 0 amide bonds. The molecule has 1 unspecified atom stereocenters. The fraction of sp³-hybridized carbons (Fsp3) is 0.867. The second-order valence-corrected chi connectivity index (χ2v) is 5.97. The maximum Gasteiger partial charge on any atom is 0.248 e. The quantitative estimate of drug-likeness (QED) is 0.545. The van der Waals surface area contributed by atoms with E-state index >= 15 is 0 Å². The van der Waals surface area contributed by atoms with Crippen LogP contribution in [0.15, 0.2) is 11.6 Å². The smallest absolute Gasteiger partial charge is 0.248 e. The highest BCUT2D eigenvalue weighted by molar-refractivity contribution is 5.00. The van der Waals surface area contributed by atoms with E-state index in [1.54, 1.807) is 0 Å². The maximum absolute atomic E-state index is 13.3. The molecule has 0 aromatic rings. The zero-order chi connectivity index (χ0) is 13.6. The fourth-order valence-corrected chi connectivity index (χ4v) is 2.68. The molecule has 1 rings (SSSR count). The summed E-state index contributed by atoms with van der Waals surface area (Å²) < 4.78 is 26.5. The van der Waals surface area contributed by atoms with Crippen molar-refractivity contribution in [1.29, 1.82) is 0 Å². The van der Waals surface area contributed by atoms with Crippen molar-refractivity contribution in [3.63, 3.8) is 0 Å². The molecule has 0 radical (unpaired) electrons. The third kappa shape index (κ3) is 6.48. The molecule has 1 fully saturated rings. The first kappa shape index (κ1) is 15.6. The Bertz CT molecular complexity index is 272. The lowest BCUT2D eigenvalue weighted by Gasteiger charge is -2.29. The molecule has 18 heavy (non-hydrogen) atoms. The Hall–Kier alpha value is -0.440. The molecule has 0 bridgehead atoms. The largest absolute Gasteiger partial charge is 0.314 e. The zero-order valence-electron chi connectivity index (χ0n) is 11.9. The number of halogens is 2. The highest BCUT2D eigenvalue weighted by Crippen LogP contribution is 2.39. The molecular weight excluding hydrogens is 232 g/mol. The Morgan fingerprint density at radius 3 is 2.78 bits per heavy atom. The molecule has 0 heterocycles. The lowest BCUT2D eigenvalue weighted by molar-refractivity contribution is -0.0521. The Morgan fingerprint density at radius 2 is 2.17 bits per heavy atom. The van der Waals surface area contributed by atoms with Crippen LogP contribution in [0.5, 0.6) is 0 Å². The predicted octanol–water partition coefficient (Wildman–Crippen LogP) is 4.54. The summed E-state index contributed by atoms with van der Waals surface area (Å²) in [6.45, 7) is 7.29. The summed E-state index contributed by atoms with van der Waals surface area (Å²) in [6, 6.07) is 0.510. The number of hydrogen-bond acceptors (Lipinski definition) is 1. The molecule has 1 saturated carbocycles. The van der Waals surface area contributed by atoms with Crippen molar-refractivity contribution in [2.45, 2.75) is 71.3 Å². The van der Waals surface area contributed by atoms with E-state index in [1.807, 2.05) is 0 Å². The topological polar surface area (TPSA) is 12.0 Å². The molecule has 0 aromatic heterocycles. The Kier molecular flexibility index (Phi) is 6.27. The van der Waals surface area contributed by atoms with E-state index in [2.05, 4.69) is 32.2 Å². The lowest BCUT2D eigenvalue weighted by atomic mass is 9.82. The van der Waals surface area contributed by atoms with Gasteiger partial charge in [0.1, 0.15) is 0 Å². The molecule has 1 aliphatic rings. The van der Waals surface area contributed by atoms with Crippen LogP contribution in [0.1, 0.15) is 59.3 Å². The maximum atomic E-state index is 13.3. The number of allylic oxidation sites excluding steroid dienone is 1. The second kappa shape index (κ2) is 7.22. The third-order valence-corrected chi connectivity index (χ3v) is 3.54. The van der Waals surface area contributed by atoms with Gasteiger partial charge in [-0.1, -0.05) is 25.5 Å². The van der Waals surface area contributed by atoms with Gasteiger partial charge in [0.25, 0.3) is 0 Å². The molecule has 1 atom stereocenters. The summed E-state index contributed by atoms with van der Waals surface area (Å²) >= 11 is 0. The SMILES string of the molecule is C/C(=C/CCNC(C)C)CC1CCCC(F)(F)C1. The first-order valence-corrected chi connectivity index (χ1v) is 7.16. The molecule has 1 aliphatic carbocycles. The first-order valence-electron chi connectivity index (χ1n) is 7.16. The van der Waals surface area contributed by atoms with Gasteiger partial charge < -0.3 is 5.32 Å². The first-order chi connectivity index (χ1) is 8.39. The van der Waals surface area contributed by atoms with Gasteiger partial charge in [-0.05, 0) is 45.1 Å². The molecule has 1 N–H and O–H groups in total. The summed E-state index contributed by atoms with van der Waals surface area (Å²) in [5.74, 6) is -2.23. The van der Waals surface area contributed by atoms with Crippen molar-refractivity contribution in [3.8, 4) is 0 Å². The zero-order valence-corrected chi connectivity index (χ0v) is 11.9. The standard InChI is InChI=1S/C15H27F2N/c1-12(2)18-9-5-6-13(3)10-14-7-4-8-15(16,17)11-14/h6,12,14,18H,4-5,7-11H2,1-3H3/b13-6-. The summed E-state index contributed by atoms with van der Waals surface area (Å²) in [4.78, 5) is 0. The third-order valence-electron chi connectivity index (χ3n) is 3.54. The van der Waals surface area contributed by atoms with Gasteiger partial charge in [0.15, 0.2) is 0 Å². The molecule has 106 valence electrons. The highest BCUT2D eigenvalue weighted by atomic mass is 19.3. The van der Waals surface area contributed by atoms with E-state index < -0.39 is 5.92 Å². The molecule has 1 nitrogen and oxygen atoms in total. The van der Waals surface area contributed by atoms with Crippen LogP contribution in [0, 0.1) is 5.92 Å². The van der Waals surface area contributed by atoms with E-state index in [4.69, 9.17) is 0 Å². The summed E-state index contributed by atoms with van der Waals surface area (Å²) in [7, 11) is 0. The van der Waals surface area contributed by atoms with Gasteiger partial charge in [0.05, 0.1) is 0 Å². The van der Waals surface area contributed by atoms with Crippen molar-refractivity contribution in [3.05, 3.63) is 11.6 Å². The van der Waals surface area contributed by atoms with Gasteiger partial charge in [0.2, 0.25) is 5.92 Å². The van der Waals surface area contributed by atoms with E-state index in [0.717, 1.165) is 25.8 Å². The van der Waals surface area contributed by atoms with Crippen LogP contribution in [0.2, 0.25) is 0 Å². The minimum atomic E-state index is -2.41. The van der Waals surface area contributed by atoms with Crippen LogP contribution in [0.3, 0.4) is 0 Å².